The molecule has 54 heavy (non-hydrogen) atoms. The van der Waals surface area contributed by atoms with Crippen molar-refractivity contribution in [3.63, 3.8) is 0 Å². The van der Waals surface area contributed by atoms with E-state index < -0.39 is 12.1 Å². The van der Waals surface area contributed by atoms with E-state index in [0.717, 1.165) is 57.8 Å². The Morgan fingerprint density at radius 1 is 0.500 bits per heavy atom. The number of allylic oxidation sites excluding steroid dienone is 3. The SMILES string of the molecule is CCCCCCCC/C=C\CCCCCCCCCC(=O)OCCCCCCCCCCCCC(=O)NC(CO)C(O)/C=C/CCCCCCCCCC. The Bertz CT molecular complexity index is 843. The van der Waals surface area contributed by atoms with Crippen LogP contribution in [0.25, 0.3) is 0 Å². The molecule has 0 spiro atoms. The fourth-order valence-corrected chi connectivity index (χ4v) is 7.04. The van der Waals surface area contributed by atoms with Crippen molar-refractivity contribution in [1.82, 2.24) is 5.32 Å². The number of rotatable bonds is 43. The van der Waals surface area contributed by atoms with Gasteiger partial charge in [0.15, 0.2) is 0 Å². The van der Waals surface area contributed by atoms with Gasteiger partial charge >= 0.3 is 5.97 Å². The molecule has 0 aliphatic heterocycles. The molecule has 0 heterocycles. The van der Waals surface area contributed by atoms with Crippen LogP contribution in [0.5, 0.6) is 0 Å². The predicted octanol–water partition coefficient (Wildman–Crippen LogP) is 13.6. The Kier molecular flexibility index (Phi) is 42.7. The molecule has 0 fully saturated rings. The van der Waals surface area contributed by atoms with Gasteiger partial charge in [-0.15, -0.1) is 0 Å². The molecule has 0 aliphatic carbocycles. The molecule has 2 unspecified atom stereocenters. The summed E-state index contributed by atoms with van der Waals surface area (Å²) in [4.78, 5) is 24.4. The summed E-state index contributed by atoms with van der Waals surface area (Å²) in [5, 5.41) is 22.9. The van der Waals surface area contributed by atoms with E-state index >= 15 is 0 Å². The first-order valence-electron chi connectivity index (χ1n) is 23.6. The van der Waals surface area contributed by atoms with Crippen LogP contribution >= 0.6 is 0 Å². The van der Waals surface area contributed by atoms with Gasteiger partial charge in [0.2, 0.25) is 5.91 Å². The molecule has 2 atom stereocenters. The fourth-order valence-electron chi connectivity index (χ4n) is 7.04. The van der Waals surface area contributed by atoms with Gasteiger partial charge in [-0.2, -0.15) is 0 Å². The summed E-state index contributed by atoms with van der Waals surface area (Å²) in [6.45, 7) is 4.81. The number of hydrogen-bond acceptors (Lipinski definition) is 5. The molecular formula is C48H91NO5. The second-order valence-corrected chi connectivity index (χ2v) is 16.1. The minimum absolute atomic E-state index is 0.0252. The molecule has 318 valence electrons. The van der Waals surface area contributed by atoms with Gasteiger partial charge in [-0.1, -0.05) is 199 Å². The molecule has 0 saturated carbocycles. The smallest absolute Gasteiger partial charge is 0.305 e. The number of aliphatic hydroxyl groups is 2. The van der Waals surface area contributed by atoms with Crippen LogP contribution in [0.3, 0.4) is 0 Å². The summed E-state index contributed by atoms with van der Waals surface area (Å²) >= 11 is 0. The van der Waals surface area contributed by atoms with Crippen molar-refractivity contribution in [2.45, 2.75) is 257 Å². The number of aliphatic hydroxyl groups excluding tert-OH is 2. The number of ether oxygens (including phenoxy) is 1. The van der Waals surface area contributed by atoms with Gasteiger partial charge in [-0.3, -0.25) is 9.59 Å². The lowest BCUT2D eigenvalue weighted by molar-refractivity contribution is -0.143. The molecule has 0 radical (unpaired) electrons. The van der Waals surface area contributed by atoms with E-state index in [1.807, 2.05) is 6.08 Å². The molecule has 0 rings (SSSR count). The van der Waals surface area contributed by atoms with Crippen LogP contribution in [0.15, 0.2) is 24.3 Å². The molecule has 3 N–H and O–H groups in total. The lowest BCUT2D eigenvalue weighted by Gasteiger charge is -2.20. The standard InChI is InChI=1S/C48H91NO5/c1-3-5-7-9-11-13-15-16-17-18-19-20-21-26-30-34-38-42-48(53)54-43-39-35-31-27-23-22-25-29-33-37-41-47(52)49-45(44-50)46(51)40-36-32-28-24-14-12-10-8-6-4-2/h16-17,36,40,45-46,50-51H,3-15,18-35,37-39,41-44H2,1-2H3,(H,49,52)/b17-16-,40-36+. The zero-order valence-electron chi connectivity index (χ0n) is 36.0. The lowest BCUT2D eigenvalue weighted by Crippen LogP contribution is -2.45. The monoisotopic (exact) mass is 762 g/mol. The largest absolute Gasteiger partial charge is 0.466 e. The Morgan fingerprint density at radius 3 is 1.31 bits per heavy atom. The molecular weight excluding hydrogens is 671 g/mol. The van der Waals surface area contributed by atoms with Gasteiger partial charge in [-0.05, 0) is 57.8 Å². The highest BCUT2D eigenvalue weighted by atomic mass is 16.5. The molecule has 1 amide bonds. The van der Waals surface area contributed by atoms with E-state index in [9.17, 15) is 19.8 Å². The van der Waals surface area contributed by atoms with Crippen molar-refractivity contribution in [2.24, 2.45) is 0 Å². The highest BCUT2D eigenvalue weighted by Gasteiger charge is 2.18. The first kappa shape index (κ1) is 52.3. The Hall–Kier alpha value is -1.66. The number of hydrogen-bond donors (Lipinski definition) is 3. The number of carbonyl (C=O) groups excluding carboxylic acids is 2. The van der Waals surface area contributed by atoms with E-state index in [0.29, 0.717) is 19.4 Å². The molecule has 0 aliphatic rings. The van der Waals surface area contributed by atoms with Crippen LogP contribution in [-0.4, -0.2) is 47.4 Å². The molecule has 0 aromatic rings. The number of nitrogens with one attached hydrogen (secondary N) is 1. The Labute approximate surface area is 335 Å². The number of carbonyl (C=O) groups is 2. The molecule has 6 heteroatoms. The summed E-state index contributed by atoms with van der Waals surface area (Å²) < 4.78 is 5.45. The van der Waals surface area contributed by atoms with Crippen LogP contribution in [0.4, 0.5) is 0 Å². The topological polar surface area (TPSA) is 95.9 Å². The lowest BCUT2D eigenvalue weighted by atomic mass is 10.1. The number of amides is 1. The van der Waals surface area contributed by atoms with Crippen molar-refractivity contribution < 1.29 is 24.5 Å². The Morgan fingerprint density at radius 2 is 0.870 bits per heavy atom. The van der Waals surface area contributed by atoms with Gasteiger partial charge in [0.25, 0.3) is 0 Å². The van der Waals surface area contributed by atoms with Crippen molar-refractivity contribution in [3.8, 4) is 0 Å². The second kappa shape index (κ2) is 44.1. The van der Waals surface area contributed by atoms with E-state index in [-0.39, 0.29) is 18.5 Å². The van der Waals surface area contributed by atoms with E-state index in [1.165, 1.54) is 161 Å². The van der Waals surface area contributed by atoms with Gasteiger partial charge in [0, 0.05) is 12.8 Å². The van der Waals surface area contributed by atoms with Crippen molar-refractivity contribution in [3.05, 3.63) is 24.3 Å². The first-order valence-corrected chi connectivity index (χ1v) is 23.6. The average Bonchev–Trinajstić information content (AvgIpc) is 3.17. The normalized spacial score (nSPS) is 12.9. The quantitative estimate of drug-likeness (QED) is 0.0327. The fraction of sp³-hybridized carbons (Fsp3) is 0.875. The summed E-state index contributed by atoms with van der Waals surface area (Å²) in [6.07, 6.45) is 50.2. The predicted molar refractivity (Wildman–Crippen MR) is 232 cm³/mol. The maximum Gasteiger partial charge on any atom is 0.305 e. The highest BCUT2D eigenvalue weighted by Crippen LogP contribution is 2.14. The van der Waals surface area contributed by atoms with Gasteiger partial charge in [0.1, 0.15) is 0 Å². The first-order chi connectivity index (χ1) is 26.5. The summed E-state index contributed by atoms with van der Waals surface area (Å²) in [5.74, 6) is -0.119. The van der Waals surface area contributed by atoms with Crippen LogP contribution in [-0.2, 0) is 14.3 Å². The summed E-state index contributed by atoms with van der Waals surface area (Å²) in [7, 11) is 0. The second-order valence-electron chi connectivity index (χ2n) is 16.1. The maximum absolute atomic E-state index is 12.4. The van der Waals surface area contributed by atoms with E-state index in [2.05, 4.69) is 31.3 Å². The van der Waals surface area contributed by atoms with Gasteiger partial charge in [0.05, 0.1) is 25.4 Å². The van der Waals surface area contributed by atoms with Gasteiger partial charge < -0.3 is 20.3 Å². The third-order valence-corrected chi connectivity index (χ3v) is 10.7. The molecule has 0 aromatic heterocycles. The zero-order chi connectivity index (χ0) is 39.4. The van der Waals surface area contributed by atoms with E-state index in [4.69, 9.17) is 4.74 Å². The molecule has 6 nitrogen and oxygen atoms in total. The van der Waals surface area contributed by atoms with Crippen molar-refractivity contribution in [1.29, 1.82) is 0 Å². The number of unbranched alkanes of at least 4 members (excludes halogenated alkanes) is 30. The zero-order valence-corrected chi connectivity index (χ0v) is 36.0. The third kappa shape index (κ3) is 40.0. The van der Waals surface area contributed by atoms with Crippen molar-refractivity contribution >= 4 is 11.9 Å². The van der Waals surface area contributed by atoms with Crippen LogP contribution in [0.2, 0.25) is 0 Å². The van der Waals surface area contributed by atoms with Crippen LogP contribution < -0.4 is 5.32 Å². The van der Waals surface area contributed by atoms with E-state index in [1.54, 1.807) is 6.08 Å². The maximum atomic E-state index is 12.4. The van der Waals surface area contributed by atoms with Crippen LogP contribution in [0.1, 0.15) is 245 Å². The minimum atomic E-state index is -0.856. The average molecular weight is 762 g/mol. The minimum Gasteiger partial charge on any atom is -0.466 e. The number of esters is 1. The molecule has 0 saturated heterocycles. The van der Waals surface area contributed by atoms with Crippen LogP contribution in [0, 0.1) is 0 Å². The molecule has 0 bridgehead atoms. The highest BCUT2D eigenvalue weighted by molar-refractivity contribution is 5.76. The summed E-state index contributed by atoms with van der Waals surface area (Å²) in [5.41, 5.74) is 0. The third-order valence-electron chi connectivity index (χ3n) is 10.7. The molecule has 0 aromatic carbocycles. The van der Waals surface area contributed by atoms with Crippen molar-refractivity contribution in [2.75, 3.05) is 13.2 Å². The Balaban J connectivity index is 3.48. The van der Waals surface area contributed by atoms with Gasteiger partial charge in [-0.25, -0.2) is 0 Å². The summed E-state index contributed by atoms with van der Waals surface area (Å²) in [6, 6.07) is -0.642.